The first-order valence-corrected chi connectivity index (χ1v) is 6.11. The molecular formula is C13H22N2O. The molecule has 0 aromatic carbocycles. The number of hydrogen-bond donors (Lipinski definition) is 1. The molecule has 0 spiro atoms. The molecule has 90 valence electrons. The van der Waals surface area contributed by atoms with Gasteiger partial charge in [0.1, 0.15) is 0 Å². The summed E-state index contributed by atoms with van der Waals surface area (Å²) >= 11 is 0. The van der Waals surface area contributed by atoms with E-state index in [4.69, 9.17) is 4.74 Å². The average molecular weight is 222 g/mol. The van der Waals surface area contributed by atoms with Gasteiger partial charge in [-0.05, 0) is 50.0 Å². The Balaban J connectivity index is 1.89. The van der Waals surface area contributed by atoms with Crippen molar-refractivity contribution in [3.63, 3.8) is 0 Å². The second-order valence-electron chi connectivity index (χ2n) is 3.82. The Morgan fingerprint density at radius 1 is 1.19 bits per heavy atom. The lowest BCUT2D eigenvalue weighted by atomic mass is 10.2. The van der Waals surface area contributed by atoms with Crippen molar-refractivity contribution in [1.82, 2.24) is 10.3 Å². The first-order chi connectivity index (χ1) is 7.93. The molecule has 0 amide bonds. The minimum absolute atomic E-state index is 0.871. The number of nitrogens with one attached hydrogen (secondary N) is 1. The molecule has 0 saturated heterocycles. The molecule has 16 heavy (non-hydrogen) atoms. The van der Waals surface area contributed by atoms with Gasteiger partial charge in [0.05, 0.1) is 0 Å². The second kappa shape index (κ2) is 9.31. The molecule has 1 heterocycles. The molecule has 3 nitrogen and oxygen atoms in total. The predicted molar refractivity (Wildman–Crippen MR) is 66.5 cm³/mol. The molecule has 3 heteroatoms. The molecule has 0 aliphatic carbocycles. The van der Waals surface area contributed by atoms with Crippen molar-refractivity contribution in [2.75, 3.05) is 26.3 Å². The fraction of sp³-hybridized carbons (Fsp3) is 0.615. The zero-order chi connectivity index (χ0) is 11.5. The summed E-state index contributed by atoms with van der Waals surface area (Å²) in [5, 5.41) is 3.41. The third-order valence-electron chi connectivity index (χ3n) is 2.33. The SMILES string of the molecule is CCCOCCCNCCc1ccncc1. The topological polar surface area (TPSA) is 34.1 Å². The van der Waals surface area contributed by atoms with Gasteiger partial charge in [0.2, 0.25) is 0 Å². The maximum atomic E-state index is 5.40. The Labute approximate surface area is 98.2 Å². The van der Waals surface area contributed by atoms with Crippen molar-refractivity contribution in [3.05, 3.63) is 30.1 Å². The van der Waals surface area contributed by atoms with Crippen LogP contribution in [-0.2, 0) is 11.2 Å². The van der Waals surface area contributed by atoms with E-state index < -0.39 is 0 Å². The van der Waals surface area contributed by atoms with Crippen LogP contribution in [0.2, 0.25) is 0 Å². The van der Waals surface area contributed by atoms with Crippen LogP contribution in [0.25, 0.3) is 0 Å². The van der Waals surface area contributed by atoms with Crippen molar-refractivity contribution >= 4 is 0 Å². The third-order valence-corrected chi connectivity index (χ3v) is 2.33. The van der Waals surface area contributed by atoms with Crippen LogP contribution in [0.5, 0.6) is 0 Å². The Kier molecular flexibility index (Phi) is 7.64. The van der Waals surface area contributed by atoms with Crippen LogP contribution in [-0.4, -0.2) is 31.3 Å². The van der Waals surface area contributed by atoms with E-state index in [1.165, 1.54) is 5.56 Å². The molecular weight excluding hydrogens is 200 g/mol. The van der Waals surface area contributed by atoms with E-state index in [1.54, 1.807) is 0 Å². The molecule has 0 atom stereocenters. The molecule has 1 aromatic heterocycles. The number of hydrogen-bond acceptors (Lipinski definition) is 3. The molecule has 0 unspecified atom stereocenters. The Bertz CT molecular complexity index is 251. The van der Waals surface area contributed by atoms with E-state index >= 15 is 0 Å². The standard InChI is InChI=1S/C13H22N2O/c1-2-11-16-12-3-7-14-8-4-13-5-9-15-10-6-13/h5-6,9-10,14H,2-4,7-8,11-12H2,1H3. The van der Waals surface area contributed by atoms with Gasteiger partial charge < -0.3 is 10.1 Å². The minimum atomic E-state index is 0.871. The highest BCUT2D eigenvalue weighted by molar-refractivity contribution is 5.09. The third kappa shape index (κ3) is 6.53. The maximum Gasteiger partial charge on any atom is 0.0478 e. The first kappa shape index (κ1) is 13.1. The number of nitrogens with zero attached hydrogens (tertiary/aromatic N) is 1. The zero-order valence-corrected chi connectivity index (χ0v) is 10.1. The van der Waals surface area contributed by atoms with Crippen molar-refractivity contribution < 1.29 is 4.74 Å². The van der Waals surface area contributed by atoms with Gasteiger partial charge in [-0.2, -0.15) is 0 Å². The van der Waals surface area contributed by atoms with Crippen LogP contribution in [0.3, 0.4) is 0 Å². The number of ether oxygens (including phenoxy) is 1. The van der Waals surface area contributed by atoms with Gasteiger partial charge in [0.15, 0.2) is 0 Å². The molecule has 0 aliphatic heterocycles. The highest BCUT2D eigenvalue weighted by atomic mass is 16.5. The molecule has 1 aromatic rings. The van der Waals surface area contributed by atoms with Gasteiger partial charge in [-0.25, -0.2) is 0 Å². The van der Waals surface area contributed by atoms with Gasteiger partial charge in [-0.3, -0.25) is 4.98 Å². The quantitative estimate of drug-likeness (QED) is 0.649. The van der Waals surface area contributed by atoms with Crippen LogP contribution in [0, 0.1) is 0 Å². The first-order valence-electron chi connectivity index (χ1n) is 6.11. The van der Waals surface area contributed by atoms with Crippen molar-refractivity contribution in [1.29, 1.82) is 0 Å². The van der Waals surface area contributed by atoms with Gasteiger partial charge in [0.25, 0.3) is 0 Å². The molecule has 0 bridgehead atoms. The fourth-order valence-corrected chi connectivity index (χ4v) is 1.45. The Hall–Kier alpha value is -0.930. The lowest BCUT2D eigenvalue weighted by molar-refractivity contribution is 0.132. The van der Waals surface area contributed by atoms with E-state index in [2.05, 4.69) is 29.4 Å². The number of rotatable bonds is 9. The summed E-state index contributed by atoms with van der Waals surface area (Å²) in [7, 11) is 0. The van der Waals surface area contributed by atoms with Crippen molar-refractivity contribution in [3.8, 4) is 0 Å². The highest BCUT2D eigenvalue weighted by Crippen LogP contribution is 1.95. The van der Waals surface area contributed by atoms with Crippen molar-refractivity contribution in [2.24, 2.45) is 0 Å². The normalized spacial score (nSPS) is 10.6. The van der Waals surface area contributed by atoms with Crippen LogP contribution in [0.15, 0.2) is 24.5 Å². The fourth-order valence-electron chi connectivity index (χ4n) is 1.45. The Morgan fingerprint density at radius 2 is 2.00 bits per heavy atom. The van der Waals surface area contributed by atoms with Gasteiger partial charge in [-0.15, -0.1) is 0 Å². The van der Waals surface area contributed by atoms with E-state index in [9.17, 15) is 0 Å². The largest absolute Gasteiger partial charge is 0.381 e. The maximum absolute atomic E-state index is 5.40. The monoisotopic (exact) mass is 222 g/mol. The summed E-state index contributed by atoms with van der Waals surface area (Å²) in [5.74, 6) is 0. The summed E-state index contributed by atoms with van der Waals surface area (Å²) in [5.41, 5.74) is 1.34. The molecule has 0 saturated carbocycles. The van der Waals surface area contributed by atoms with Gasteiger partial charge in [0, 0.05) is 25.6 Å². The summed E-state index contributed by atoms with van der Waals surface area (Å²) < 4.78 is 5.40. The molecule has 0 fully saturated rings. The highest BCUT2D eigenvalue weighted by Gasteiger charge is 1.92. The van der Waals surface area contributed by atoms with E-state index in [-0.39, 0.29) is 0 Å². The summed E-state index contributed by atoms with van der Waals surface area (Å²) in [6, 6.07) is 4.12. The summed E-state index contributed by atoms with van der Waals surface area (Å²) in [6.45, 7) is 5.95. The summed E-state index contributed by atoms with van der Waals surface area (Å²) in [4.78, 5) is 3.99. The predicted octanol–water partition coefficient (Wildman–Crippen LogP) is 2.03. The minimum Gasteiger partial charge on any atom is -0.381 e. The van der Waals surface area contributed by atoms with E-state index in [1.807, 2.05) is 12.4 Å². The molecule has 1 rings (SSSR count). The van der Waals surface area contributed by atoms with Crippen molar-refractivity contribution in [2.45, 2.75) is 26.2 Å². The lowest BCUT2D eigenvalue weighted by Crippen LogP contribution is -2.19. The van der Waals surface area contributed by atoms with Gasteiger partial charge in [-0.1, -0.05) is 6.92 Å². The van der Waals surface area contributed by atoms with E-state index in [0.29, 0.717) is 0 Å². The van der Waals surface area contributed by atoms with Crippen LogP contribution in [0.1, 0.15) is 25.3 Å². The zero-order valence-electron chi connectivity index (χ0n) is 10.1. The van der Waals surface area contributed by atoms with Gasteiger partial charge >= 0.3 is 0 Å². The summed E-state index contributed by atoms with van der Waals surface area (Å²) in [6.07, 6.45) is 6.95. The van der Waals surface area contributed by atoms with E-state index in [0.717, 1.165) is 45.6 Å². The van der Waals surface area contributed by atoms with Crippen LogP contribution < -0.4 is 5.32 Å². The molecule has 1 N–H and O–H groups in total. The second-order valence-corrected chi connectivity index (χ2v) is 3.82. The Morgan fingerprint density at radius 3 is 2.75 bits per heavy atom. The smallest absolute Gasteiger partial charge is 0.0478 e. The lowest BCUT2D eigenvalue weighted by Gasteiger charge is -2.05. The molecule has 0 radical (unpaired) electrons. The number of pyridine rings is 1. The number of aromatic nitrogens is 1. The molecule has 0 aliphatic rings. The van der Waals surface area contributed by atoms with Crippen LogP contribution >= 0.6 is 0 Å². The average Bonchev–Trinajstić information content (AvgIpc) is 2.34. The van der Waals surface area contributed by atoms with Crippen LogP contribution in [0.4, 0.5) is 0 Å².